The van der Waals surface area contributed by atoms with Crippen LogP contribution in [0.5, 0.6) is 17.2 Å². The van der Waals surface area contributed by atoms with Crippen LogP contribution in [0.4, 0.5) is 0 Å². The SMILES string of the molecule is CCNC(=NCCCN(C(C)C)C(C)C)NCCc1ccc(OC)c(OC)c1OC.I. The Labute approximate surface area is 206 Å². The average molecular weight is 551 g/mol. The van der Waals surface area contributed by atoms with Crippen LogP contribution in [0.3, 0.4) is 0 Å². The lowest BCUT2D eigenvalue weighted by Gasteiger charge is -2.30. The van der Waals surface area contributed by atoms with E-state index in [0.717, 1.165) is 50.5 Å². The molecule has 0 bridgehead atoms. The first-order chi connectivity index (χ1) is 14.4. The third kappa shape index (κ3) is 9.72. The summed E-state index contributed by atoms with van der Waals surface area (Å²) in [5.74, 6) is 2.84. The number of ether oxygens (including phenoxy) is 3. The number of rotatable bonds is 13. The number of guanidine groups is 1. The number of hydrogen-bond donors (Lipinski definition) is 2. The van der Waals surface area contributed by atoms with Crippen LogP contribution in [0.25, 0.3) is 0 Å². The number of aliphatic imine (C=N–C) groups is 1. The van der Waals surface area contributed by atoms with E-state index in [-0.39, 0.29) is 24.0 Å². The Kier molecular flexibility index (Phi) is 15.5. The highest BCUT2D eigenvalue weighted by Gasteiger charge is 2.15. The fraction of sp³-hybridized carbons (Fsp3) is 0.696. The number of hydrogen-bond acceptors (Lipinski definition) is 5. The molecule has 0 heterocycles. The lowest BCUT2D eigenvalue weighted by atomic mass is 10.1. The molecule has 31 heavy (non-hydrogen) atoms. The van der Waals surface area contributed by atoms with E-state index < -0.39 is 0 Å². The molecule has 0 aliphatic rings. The zero-order chi connectivity index (χ0) is 22.5. The molecule has 0 aromatic heterocycles. The largest absolute Gasteiger partial charge is 0.493 e. The zero-order valence-corrected chi connectivity index (χ0v) is 22.9. The minimum atomic E-state index is 0. The molecule has 180 valence electrons. The quantitative estimate of drug-likeness (QED) is 0.168. The van der Waals surface area contributed by atoms with Gasteiger partial charge in [-0.1, -0.05) is 6.07 Å². The van der Waals surface area contributed by atoms with E-state index in [4.69, 9.17) is 19.2 Å². The molecule has 0 spiro atoms. The van der Waals surface area contributed by atoms with Gasteiger partial charge in [-0.3, -0.25) is 9.89 Å². The molecular weight excluding hydrogens is 507 g/mol. The van der Waals surface area contributed by atoms with Gasteiger partial charge in [-0.05, 0) is 53.5 Å². The third-order valence-electron chi connectivity index (χ3n) is 4.99. The van der Waals surface area contributed by atoms with E-state index in [1.54, 1.807) is 21.3 Å². The molecule has 0 atom stereocenters. The Balaban J connectivity index is 0.00000900. The molecule has 0 aliphatic heterocycles. The van der Waals surface area contributed by atoms with Crippen LogP contribution >= 0.6 is 24.0 Å². The number of halogens is 1. The van der Waals surface area contributed by atoms with Crippen molar-refractivity contribution in [2.24, 2.45) is 4.99 Å². The fourth-order valence-electron chi connectivity index (χ4n) is 3.57. The molecule has 0 unspecified atom stereocenters. The van der Waals surface area contributed by atoms with Gasteiger partial charge in [-0.2, -0.15) is 0 Å². The van der Waals surface area contributed by atoms with Crippen molar-refractivity contribution >= 4 is 29.9 Å². The predicted molar refractivity (Wildman–Crippen MR) is 141 cm³/mol. The summed E-state index contributed by atoms with van der Waals surface area (Å²) in [4.78, 5) is 7.23. The molecule has 1 aromatic carbocycles. The van der Waals surface area contributed by atoms with Gasteiger partial charge in [0, 0.05) is 43.8 Å². The zero-order valence-electron chi connectivity index (χ0n) is 20.6. The topological polar surface area (TPSA) is 67.4 Å². The van der Waals surface area contributed by atoms with E-state index in [0.29, 0.717) is 29.3 Å². The van der Waals surface area contributed by atoms with Crippen LogP contribution in [-0.4, -0.2) is 70.5 Å². The van der Waals surface area contributed by atoms with Crippen molar-refractivity contribution in [3.05, 3.63) is 17.7 Å². The molecule has 8 heteroatoms. The van der Waals surface area contributed by atoms with Crippen molar-refractivity contribution in [3.8, 4) is 17.2 Å². The highest BCUT2D eigenvalue weighted by atomic mass is 127. The molecule has 0 saturated heterocycles. The van der Waals surface area contributed by atoms with Gasteiger partial charge in [0.25, 0.3) is 0 Å². The standard InChI is InChI=1S/C23H42N4O3.HI/c1-9-24-23(25-14-10-16-27(17(2)3)18(4)5)26-15-13-19-11-12-20(28-6)22(30-8)21(19)29-7;/h11-12,17-18H,9-10,13-16H2,1-8H3,(H2,24,25,26);1H. The smallest absolute Gasteiger partial charge is 0.203 e. The number of nitrogens with zero attached hydrogens (tertiary/aromatic N) is 2. The van der Waals surface area contributed by atoms with Gasteiger partial charge in [-0.25, -0.2) is 0 Å². The molecular formula is C23H43IN4O3. The normalized spacial score (nSPS) is 11.5. The minimum absolute atomic E-state index is 0. The molecule has 0 saturated carbocycles. The van der Waals surface area contributed by atoms with Crippen molar-refractivity contribution in [1.29, 1.82) is 0 Å². The van der Waals surface area contributed by atoms with E-state index in [2.05, 4.69) is 50.2 Å². The van der Waals surface area contributed by atoms with Crippen molar-refractivity contribution in [2.45, 2.75) is 59.5 Å². The fourth-order valence-corrected chi connectivity index (χ4v) is 3.57. The van der Waals surface area contributed by atoms with Crippen molar-refractivity contribution in [3.63, 3.8) is 0 Å². The summed E-state index contributed by atoms with van der Waals surface area (Å²) in [5, 5.41) is 6.74. The molecule has 2 N–H and O–H groups in total. The van der Waals surface area contributed by atoms with E-state index in [9.17, 15) is 0 Å². The lowest BCUT2D eigenvalue weighted by molar-refractivity contribution is 0.174. The monoisotopic (exact) mass is 550 g/mol. The molecule has 0 aliphatic carbocycles. The molecule has 0 fully saturated rings. The van der Waals surface area contributed by atoms with Crippen molar-refractivity contribution in [2.75, 3.05) is 47.5 Å². The number of methoxy groups -OCH3 is 3. The summed E-state index contributed by atoms with van der Waals surface area (Å²) in [5.41, 5.74) is 1.06. The summed E-state index contributed by atoms with van der Waals surface area (Å²) in [7, 11) is 4.90. The number of benzene rings is 1. The summed E-state index contributed by atoms with van der Waals surface area (Å²) in [6.07, 6.45) is 1.82. The summed E-state index contributed by atoms with van der Waals surface area (Å²) < 4.78 is 16.4. The van der Waals surface area contributed by atoms with Crippen LogP contribution in [-0.2, 0) is 6.42 Å². The maximum absolute atomic E-state index is 5.57. The Morgan fingerprint density at radius 1 is 0.968 bits per heavy atom. The second kappa shape index (κ2) is 16.2. The molecule has 7 nitrogen and oxygen atoms in total. The third-order valence-corrected chi connectivity index (χ3v) is 4.99. The summed E-state index contributed by atoms with van der Waals surface area (Å²) in [6, 6.07) is 5.03. The first kappa shape index (κ1) is 29.6. The molecule has 0 radical (unpaired) electrons. The van der Waals surface area contributed by atoms with Crippen molar-refractivity contribution < 1.29 is 14.2 Å². The van der Waals surface area contributed by atoms with Crippen LogP contribution in [0.15, 0.2) is 17.1 Å². The van der Waals surface area contributed by atoms with E-state index in [1.165, 1.54) is 0 Å². The van der Waals surface area contributed by atoms with Crippen LogP contribution in [0.2, 0.25) is 0 Å². The highest BCUT2D eigenvalue weighted by molar-refractivity contribution is 14.0. The Morgan fingerprint density at radius 3 is 2.13 bits per heavy atom. The second-order valence-electron chi connectivity index (χ2n) is 7.71. The number of nitrogens with one attached hydrogen (secondary N) is 2. The van der Waals surface area contributed by atoms with E-state index >= 15 is 0 Å². The van der Waals surface area contributed by atoms with Crippen LogP contribution in [0, 0.1) is 0 Å². The maximum atomic E-state index is 5.57. The van der Waals surface area contributed by atoms with Gasteiger partial charge < -0.3 is 24.8 Å². The Bertz CT molecular complexity index is 646. The first-order valence-corrected chi connectivity index (χ1v) is 10.9. The van der Waals surface area contributed by atoms with E-state index in [1.807, 2.05) is 12.1 Å². The summed E-state index contributed by atoms with van der Waals surface area (Å²) >= 11 is 0. The molecule has 0 amide bonds. The molecule has 1 aromatic rings. The maximum Gasteiger partial charge on any atom is 0.203 e. The van der Waals surface area contributed by atoms with Gasteiger partial charge >= 0.3 is 0 Å². The van der Waals surface area contributed by atoms with Gasteiger partial charge in [0.2, 0.25) is 5.75 Å². The van der Waals surface area contributed by atoms with Crippen LogP contribution in [0.1, 0.15) is 46.6 Å². The second-order valence-corrected chi connectivity index (χ2v) is 7.71. The first-order valence-electron chi connectivity index (χ1n) is 10.9. The van der Waals surface area contributed by atoms with Crippen LogP contribution < -0.4 is 24.8 Å². The highest BCUT2D eigenvalue weighted by Crippen LogP contribution is 2.39. The van der Waals surface area contributed by atoms with Gasteiger partial charge in [0.05, 0.1) is 21.3 Å². The lowest BCUT2D eigenvalue weighted by Crippen LogP contribution is -2.39. The van der Waals surface area contributed by atoms with Gasteiger partial charge in [-0.15, -0.1) is 24.0 Å². The molecule has 1 rings (SSSR count). The summed E-state index contributed by atoms with van der Waals surface area (Å²) in [6.45, 7) is 14.5. The van der Waals surface area contributed by atoms with Gasteiger partial charge in [0.1, 0.15) is 0 Å². The van der Waals surface area contributed by atoms with Gasteiger partial charge in [0.15, 0.2) is 17.5 Å². The Morgan fingerprint density at radius 2 is 1.61 bits per heavy atom. The Hall–Kier alpha value is -1.42. The minimum Gasteiger partial charge on any atom is -0.493 e. The average Bonchev–Trinajstić information content (AvgIpc) is 2.72. The predicted octanol–water partition coefficient (Wildman–Crippen LogP) is 3.94. The van der Waals surface area contributed by atoms with Crippen molar-refractivity contribution in [1.82, 2.24) is 15.5 Å².